The van der Waals surface area contributed by atoms with E-state index in [-0.39, 0.29) is 0 Å². The molecule has 0 aromatic rings. The maximum Gasteiger partial charge on any atom is 0.146 e. The zero-order valence-electron chi connectivity index (χ0n) is 1.85. The van der Waals surface area contributed by atoms with Gasteiger partial charge in [0.1, 0.15) is 6.34 Å². The second kappa shape index (κ2) is 0.458. The SMILES string of the molecule is BrN1C=N1. The van der Waals surface area contributed by atoms with E-state index in [2.05, 4.69) is 21.2 Å². The van der Waals surface area contributed by atoms with Crippen molar-refractivity contribution in [2.24, 2.45) is 5.10 Å². The van der Waals surface area contributed by atoms with Gasteiger partial charge in [0.15, 0.2) is 0 Å². The van der Waals surface area contributed by atoms with Gasteiger partial charge >= 0.3 is 0 Å². The lowest BCUT2D eigenvalue weighted by molar-refractivity contribution is 0.960. The fraction of sp³-hybridized carbons (Fsp3) is 0. The molecule has 0 radical (unpaired) electrons. The quantitative estimate of drug-likeness (QED) is 0.427. The minimum atomic E-state index is 1.56. The van der Waals surface area contributed by atoms with Crippen LogP contribution < -0.4 is 0 Å². The molecular weight excluding hydrogens is 120 g/mol. The highest BCUT2D eigenvalue weighted by Crippen LogP contribution is 2.02. The maximum atomic E-state index is 3.53. The molecule has 0 saturated heterocycles. The van der Waals surface area contributed by atoms with Gasteiger partial charge in [-0.15, -0.1) is 5.10 Å². The summed E-state index contributed by atoms with van der Waals surface area (Å²) in [6.07, 6.45) is 1.67. The van der Waals surface area contributed by atoms with Crippen molar-refractivity contribution in [2.75, 3.05) is 0 Å². The number of halogens is 1. The normalized spacial score (nSPS) is 17.8. The van der Waals surface area contributed by atoms with Crippen molar-refractivity contribution < 1.29 is 0 Å². The van der Waals surface area contributed by atoms with Gasteiger partial charge in [-0.05, 0) is 0 Å². The van der Waals surface area contributed by atoms with Crippen molar-refractivity contribution in [3.8, 4) is 0 Å². The first-order chi connectivity index (χ1) is 1.89. The van der Waals surface area contributed by atoms with Gasteiger partial charge in [-0.25, -0.2) is 0 Å². The molecule has 0 unspecified atom stereocenters. The maximum absolute atomic E-state index is 3.53. The summed E-state index contributed by atoms with van der Waals surface area (Å²) in [5, 5.41) is 3.53. The average molecular weight is 121 g/mol. The highest BCUT2D eigenvalue weighted by molar-refractivity contribution is 9.07. The van der Waals surface area contributed by atoms with Crippen LogP contribution >= 0.6 is 16.1 Å². The molecule has 0 aromatic heterocycles. The molecular formula is CHBrN2. The Morgan fingerprint density at radius 1 is 2.00 bits per heavy atom. The molecule has 0 bridgehead atoms. The molecule has 0 amide bonds. The highest BCUT2D eigenvalue weighted by atomic mass is 79.9. The first-order valence-corrected chi connectivity index (χ1v) is 1.59. The lowest BCUT2D eigenvalue weighted by Gasteiger charge is -1.63. The van der Waals surface area contributed by atoms with Crippen LogP contribution in [0.1, 0.15) is 0 Å². The summed E-state index contributed by atoms with van der Waals surface area (Å²) in [7, 11) is 0. The smallest absolute Gasteiger partial charge is 0.146 e. The molecule has 0 saturated carbocycles. The Balaban J connectivity index is 2.32. The topological polar surface area (TPSA) is 15.4 Å². The molecule has 0 fully saturated rings. The summed E-state index contributed by atoms with van der Waals surface area (Å²) in [5.74, 6) is 0. The van der Waals surface area contributed by atoms with E-state index < -0.39 is 0 Å². The van der Waals surface area contributed by atoms with Crippen LogP contribution in [-0.4, -0.2) is 10.4 Å². The number of hydrazone groups is 1. The molecule has 3 heteroatoms. The zero-order valence-corrected chi connectivity index (χ0v) is 3.44. The second-order valence-electron chi connectivity index (χ2n) is 0.520. The number of hydrogen-bond donors (Lipinski definition) is 0. The zero-order chi connectivity index (χ0) is 2.99. The summed E-state index contributed by atoms with van der Waals surface area (Å²) in [5.41, 5.74) is 0. The van der Waals surface area contributed by atoms with Gasteiger partial charge in [-0.2, -0.15) is 4.03 Å². The van der Waals surface area contributed by atoms with E-state index in [9.17, 15) is 0 Å². The van der Waals surface area contributed by atoms with E-state index in [1.165, 1.54) is 0 Å². The number of rotatable bonds is 0. The molecule has 0 aliphatic carbocycles. The Labute approximate surface area is 32.4 Å². The second-order valence-corrected chi connectivity index (χ2v) is 1.25. The monoisotopic (exact) mass is 120 g/mol. The summed E-state index contributed by atoms with van der Waals surface area (Å²) >= 11 is 2.99. The predicted octanol–water partition coefficient (Wildman–Crippen LogP) is 0.555. The largest absolute Gasteiger partial charge is 0.183 e. The molecule has 4 heavy (non-hydrogen) atoms. The van der Waals surface area contributed by atoms with Crippen LogP contribution in [0.2, 0.25) is 0 Å². The van der Waals surface area contributed by atoms with Crippen LogP contribution in [0.3, 0.4) is 0 Å². The molecule has 1 aliphatic rings. The number of nitrogens with zero attached hydrogens (tertiary/aromatic N) is 2. The van der Waals surface area contributed by atoms with E-state index in [0.717, 1.165) is 0 Å². The Morgan fingerprint density at radius 2 is 2.25 bits per heavy atom. The lowest BCUT2D eigenvalue weighted by Crippen LogP contribution is -1.62. The van der Waals surface area contributed by atoms with E-state index in [1.807, 2.05) is 0 Å². The fourth-order valence-electron chi connectivity index (χ4n) is 0.0195. The standard InChI is InChI=1S/CHBrN2/c2-4-1-3-4/h1H. The fourth-order valence-corrected chi connectivity index (χ4v) is 0.101. The van der Waals surface area contributed by atoms with E-state index in [4.69, 9.17) is 0 Å². The van der Waals surface area contributed by atoms with Crippen LogP contribution in [0, 0.1) is 0 Å². The van der Waals surface area contributed by atoms with Crippen molar-refractivity contribution in [3.05, 3.63) is 0 Å². The van der Waals surface area contributed by atoms with Gasteiger partial charge in [0.05, 0.1) is 16.1 Å². The predicted molar refractivity (Wildman–Crippen MR) is 19.3 cm³/mol. The van der Waals surface area contributed by atoms with Crippen molar-refractivity contribution in [2.45, 2.75) is 0 Å². The molecule has 2 nitrogen and oxygen atoms in total. The third-order valence-electron chi connectivity index (χ3n) is 0.203. The van der Waals surface area contributed by atoms with Gasteiger partial charge in [0, 0.05) is 0 Å². The third-order valence-corrected chi connectivity index (χ3v) is 0.569. The van der Waals surface area contributed by atoms with Crippen LogP contribution in [-0.2, 0) is 0 Å². The summed E-state index contributed by atoms with van der Waals surface area (Å²) in [6, 6.07) is 0. The van der Waals surface area contributed by atoms with Crippen molar-refractivity contribution >= 4 is 22.5 Å². The Kier molecular flexibility index (Phi) is 0.252. The van der Waals surface area contributed by atoms with E-state index >= 15 is 0 Å². The first-order valence-electron chi connectivity index (χ1n) is 0.885. The Bertz CT molecular complexity index is 44.0. The molecule has 1 aliphatic heterocycles. The van der Waals surface area contributed by atoms with Crippen molar-refractivity contribution in [1.82, 2.24) is 4.03 Å². The van der Waals surface area contributed by atoms with Gasteiger partial charge in [-0.1, -0.05) is 0 Å². The highest BCUT2D eigenvalue weighted by Gasteiger charge is 1.96. The van der Waals surface area contributed by atoms with Gasteiger partial charge in [0.2, 0.25) is 0 Å². The molecule has 1 heterocycles. The van der Waals surface area contributed by atoms with Gasteiger partial charge in [-0.3, -0.25) is 0 Å². The summed E-state index contributed by atoms with van der Waals surface area (Å²) in [6.45, 7) is 0. The molecule has 0 spiro atoms. The van der Waals surface area contributed by atoms with E-state index in [0.29, 0.717) is 0 Å². The minimum Gasteiger partial charge on any atom is -0.183 e. The Morgan fingerprint density at radius 3 is 2.25 bits per heavy atom. The lowest BCUT2D eigenvalue weighted by atomic mass is 11.6. The summed E-state index contributed by atoms with van der Waals surface area (Å²) in [4.78, 5) is 0. The van der Waals surface area contributed by atoms with Crippen LogP contribution in [0.15, 0.2) is 5.10 Å². The van der Waals surface area contributed by atoms with Crippen LogP contribution in [0.25, 0.3) is 0 Å². The van der Waals surface area contributed by atoms with Crippen molar-refractivity contribution in [1.29, 1.82) is 0 Å². The first kappa shape index (κ1) is 2.20. The molecule has 0 atom stereocenters. The number of hydrogen-bond acceptors (Lipinski definition) is 2. The van der Waals surface area contributed by atoms with E-state index in [1.54, 1.807) is 10.4 Å². The molecule has 0 N–H and O–H groups in total. The molecule has 22 valence electrons. The molecule has 1 rings (SSSR count). The van der Waals surface area contributed by atoms with Gasteiger partial charge in [0.25, 0.3) is 0 Å². The van der Waals surface area contributed by atoms with Gasteiger partial charge < -0.3 is 0 Å². The summed E-state index contributed by atoms with van der Waals surface area (Å²) < 4.78 is 1.56. The molecule has 0 aromatic carbocycles. The average Bonchev–Trinajstić information content (AvgIpc) is 1.75. The minimum absolute atomic E-state index is 1.56. The van der Waals surface area contributed by atoms with Crippen LogP contribution in [0.5, 0.6) is 0 Å². The Hall–Kier alpha value is -0.0500. The van der Waals surface area contributed by atoms with Crippen LogP contribution in [0.4, 0.5) is 0 Å². The third kappa shape index (κ3) is 0.202. The van der Waals surface area contributed by atoms with Crippen molar-refractivity contribution in [3.63, 3.8) is 0 Å².